The van der Waals surface area contributed by atoms with Crippen LogP contribution in [0, 0.1) is 6.92 Å². The Morgan fingerprint density at radius 3 is 2.85 bits per heavy atom. The number of methoxy groups -OCH3 is 1. The molecule has 1 aromatic carbocycles. The molecule has 0 bridgehead atoms. The number of likely N-dealkylation sites (tertiary alicyclic amines) is 1. The minimum atomic E-state index is -0.0772. The van der Waals surface area contributed by atoms with E-state index in [-0.39, 0.29) is 6.61 Å². The van der Waals surface area contributed by atoms with Crippen molar-refractivity contribution in [3.05, 3.63) is 35.4 Å². The molecule has 1 N–H and O–H groups in total. The topological polar surface area (TPSA) is 72.6 Å². The summed E-state index contributed by atoms with van der Waals surface area (Å²) in [6, 6.07) is 5.98. The van der Waals surface area contributed by atoms with Gasteiger partial charge in [-0.2, -0.15) is 0 Å². The minimum absolute atomic E-state index is 0.0772. The fourth-order valence-corrected chi connectivity index (χ4v) is 3.52. The van der Waals surface area contributed by atoms with E-state index in [1.165, 1.54) is 0 Å². The van der Waals surface area contributed by atoms with Gasteiger partial charge in [-0.3, -0.25) is 4.90 Å². The van der Waals surface area contributed by atoms with E-state index in [1.54, 1.807) is 7.11 Å². The third kappa shape index (κ3) is 4.16. The Morgan fingerprint density at radius 2 is 2.12 bits per heavy atom. The van der Waals surface area contributed by atoms with Crippen LogP contribution in [0.4, 0.5) is 0 Å². The molecular formula is C19H28N4O3. The number of aliphatic hydroxyl groups excluding tert-OH is 1. The summed E-state index contributed by atoms with van der Waals surface area (Å²) in [5.74, 6) is 3.48. The van der Waals surface area contributed by atoms with Crippen LogP contribution in [0.25, 0.3) is 0 Å². The molecule has 0 radical (unpaired) electrons. The molecule has 7 nitrogen and oxygen atoms in total. The van der Waals surface area contributed by atoms with Gasteiger partial charge in [0.1, 0.15) is 19.0 Å². The first-order valence-electron chi connectivity index (χ1n) is 9.11. The van der Waals surface area contributed by atoms with Crippen LogP contribution in [0.15, 0.2) is 18.2 Å². The third-order valence-electron chi connectivity index (χ3n) is 4.99. The lowest BCUT2D eigenvalue weighted by Gasteiger charge is -2.32. The van der Waals surface area contributed by atoms with Crippen molar-refractivity contribution in [2.75, 3.05) is 33.4 Å². The van der Waals surface area contributed by atoms with Gasteiger partial charge in [0.2, 0.25) is 0 Å². The fourth-order valence-electron chi connectivity index (χ4n) is 3.52. The number of aromatic nitrogens is 3. The molecule has 0 unspecified atom stereocenters. The predicted molar refractivity (Wildman–Crippen MR) is 98.6 cm³/mol. The van der Waals surface area contributed by atoms with Gasteiger partial charge in [-0.15, -0.1) is 10.2 Å². The van der Waals surface area contributed by atoms with Crippen molar-refractivity contribution in [3.8, 4) is 11.5 Å². The Bertz CT molecular complexity index is 732. The first-order chi connectivity index (χ1) is 12.6. The molecular weight excluding hydrogens is 332 g/mol. The van der Waals surface area contributed by atoms with E-state index in [2.05, 4.69) is 15.1 Å². The molecule has 1 atom stereocenters. The van der Waals surface area contributed by atoms with Crippen molar-refractivity contribution in [1.82, 2.24) is 19.7 Å². The first-order valence-corrected chi connectivity index (χ1v) is 9.11. The summed E-state index contributed by atoms with van der Waals surface area (Å²) in [7, 11) is 3.59. The highest BCUT2D eigenvalue weighted by Gasteiger charge is 2.25. The highest BCUT2D eigenvalue weighted by molar-refractivity contribution is 5.42. The lowest BCUT2D eigenvalue weighted by atomic mass is 9.97. The lowest BCUT2D eigenvalue weighted by molar-refractivity contribution is 0.164. The Kier molecular flexibility index (Phi) is 6.11. The van der Waals surface area contributed by atoms with E-state index >= 15 is 0 Å². The van der Waals surface area contributed by atoms with E-state index in [4.69, 9.17) is 9.47 Å². The van der Waals surface area contributed by atoms with Gasteiger partial charge in [-0.05, 0) is 44.0 Å². The molecule has 0 aliphatic carbocycles. The average Bonchev–Trinajstić information content (AvgIpc) is 3.03. The summed E-state index contributed by atoms with van der Waals surface area (Å²) >= 11 is 0. The molecule has 26 heavy (non-hydrogen) atoms. The second-order valence-corrected chi connectivity index (χ2v) is 6.83. The van der Waals surface area contributed by atoms with Crippen LogP contribution in [-0.2, 0) is 13.7 Å². The highest BCUT2D eigenvalue weighted by Crippen LogP contribution is 2.28. The molecule has 142 valence electrons. The largest absolute Gasteiger partial charge is 0.493 e. The number of rotatable bonds is 7. The molecule has 1 aliphatic rings. The number of nitrogens with zero attached hydrogens (tertiary/aromatic N) is 4. The van der Waals surface area contributed by atoms with Crippen LogP contribution in [0.5, 0.6) is 11.5 Å². The Labute approximate surface area is 154 Å². The van der Waals surface area contributed by atoms with Crippen molar-refractivity contribution < 1.29 is 14.6 Å². The van der Waals surface area contributed by atoms with Crippen LogP contribution < -0.4 is 9.47 Å². The van der Waals surface area contributed by atoms with Crippen molar-refractivity contribution in [1.29, 1.82) is 0 Å². The van der Waals surface area contributed by atoms with Crippen LogP contribution in [0.3, 0.4) is 0 Å². The number of piperidine rings is 1. The van der Waals surface area contributed by atoms with Gasteiger partial charge in [0, 0.05) is 26.1 Å². The molecule has 0 amide bonds. The second kappa shape index (κ2) is 8.51. The second-order valence-electron chi connectivity index (χ2n) is 6.83. The summed E-state index contributed by atoms with van der Waals surface area (Å²) < 4.78 is 13.3. The summed E-state index contributed by atoms with van der Waals surface area (Å²) in [6.45, 7) is 5.44. The SMILES string of the molecule is COc1cc(C)ccc1OCCN1CCC[C@H](c2nnc(CO)n2C)C1. The van der Waals surface area contributed by atoms with Crippen molar-refractivity contribution in [3.63, 3.8) is 0 Å². The molecule has 0 spiro atoms. The molecule has 1 aromatic heterocycles. The highest BCUT2D eigenvalue weighted by atomic mass is 16.5. The maximum atomic E-state index is 9.31. The van der Waals surface area contributed by atoms with Gasteiger partial charge in [0.15, 0.2) is 17.3 Å². The van der Waals surface area contributed by atoms with E-state index in [0.717, 1.165) is 55.4 Å². The fraction of sp³-hybridized carbons (Fsp3) is 0.579. The van der Waals surface area contributed by atoms with Crippen molar-refractivity contribution in [2.45, 2.75) is 32.3 Å². The predicted octanol–water partition coefficient (Wildman–Crippen LogP) is 1.88. The minimum Gasteiger partial charge on any atom is -0.493 e. The normalized spacial score (nSPS) is 18.1. The third-order valence-corrected chi connectivity index (χ3v) is 4.99. The van der Waals surface area contributed by atoms with Crippen molar-refractivity contribution >= 4 is 0 Å². The Morgan fingerprint density at radius 1 is 1.27 bits per heavy atom. The molecule has 1 fully saturated rings. The maximum absolute atomic E-state index is 9.31. The van der Waals surface area contributed by atoms with Gasteiger partial charge in [-0.1, -0.05) is 6.07 Å². The number of hydrogen-bond donors (Lipinski definition) is 1. The van der Waals surface area contributed by atoms with E-state index in [0.29, 0.717) is 18.3 Å². The first kappa shape index (κ1) is 18.7. The standard InChI is InChI=1S/C19H28N4O3/c1-14-6-7-16(17(11-14)25-3)26-10-9-23-8-4-5-15(12-23)19-21-20-18(13-24)22(19)2/h6-7,11,15,24H,4-5,8-10,12-13H2,1-3H3/t15-/m0/s1. The number of hydrogen-bond acceptors (Lipinski definition) is 6. The average molecular weight is 360 g/mol. The lowest BCUT2D eigenvalue weighted by Crippen LogP contribution is -2.37. The molecule has 1 aliphatic heterocycles. The van der Waals surface area contributed by atoms with E-state index < -0.39 is 0 Å². The summed E-state index contributed by atoms with van der Waals surface area (Å²) in [5, 5.41) is 17.7. The maximum Gasteiger partial charge on any atom is 0.161 e. The van der Waals surface area contributed by atoms with Crippen LogP contribution >= 0.6 is 0 Å². The van der Waals surface area contributed by atoms with Gasteiger partial charge >= 0.3 is 0 Å². The van der Waals surface area contributed by atoms with E-state index in [1.807, 2.05) is 36.7 Å². The Balaban J connectivity index is 1.55. The van der Waals surface area contributed by atoms with Crippen LogP contribution in [0.2, 0.25) is 0 Å². The zero-order valence-electron chi connectivity index (χ0n) is 15.8. The van der Waals surface area contributed by atoms with Gasteiger partial charge in [0.25, 0.3) is 0 Å². The zero-order chi connectivity index (χ0) is 18.5. The Hall–Kier alpha value is -2.12. The monoisotopic (exact) mass is 360 g/mol. The molecule has 0 saturated carbocycles. The number of aliphatic hydroxyl groups is 1. The zero-order valence-corrected chi connectivity index (χ0v) is 15.8. The van der Waals surface area contributed by atoms with Gasteiger partial charge < -0.3 is 19.1 Å². The smallest absolute Gasteiger partial charge is 0.161 e. The van der Waals surface area contributed by atoms with Gasteiger partial charge in [0.05, 0.1) is 7.11 Å². The quantitative estimate of drug-likeness (QED) is 0.813. The molecule has 3 rings (SSSR count). The number of ether oxygens (including phenoxy) is 2. The number of aryl methyl sites for hydroxylation is 1. The number of benzene rings is 1. The molecule has 2 heterocycles. The van der Waals surface area contributed by atoms with Crippen LogP contribution in [0.1, 0.15) is 36.0 Å². The summed E-state index contributed by atoms with van der Waals surface area (Å²) in [5.41, 5.74) is 1.15. The molecule has 7 heteroatoms. The molecule has 1 saturated heterocycles. The van der Waals surface area contributed by atoms with Crippen molar-refractivity contribution in [2.24, 2.45) is 7.05 Å². The van der Waals surface area contributed by atoms with Gasteiger partial charge in [-0.25, -0.2) is 0 Å². The summed E-state index contributed by atoms with van der Waals surface area (Å²) in [6.07, 6.45) is 2.22. The molecule has 2 aromatic rings. The van der Waals surface area contributed by atoms with Crippen LogP contribution in [-0.4, -0.2) is 58.1 Å². The van der Waals surface area contributed by atoms with E-state index in [9.17, 15) is 5.11 Å². The summed E-state index contributed by atoms with van der Waals surface area (Å²) in [4.78, 5) is 2.40.